The summed E-state index contributed by atoms with van der Waals surface area (Å²) in [6, 6.07) is 14.6. The van der Waals surface area contributed by atoms with Gasteiger partial charge in [0.1, 0.15) is 5.75 Å². The summed E-state index contributed by atoms with van der Waals surface area (Å²) in [7, 11) is 0. The minimum Gasteiger partial charge on any atom is -0.489 e. The molecule has 1 N–H and O–H groups in total. The molecule has 1 saturated carbocycles. The summed E-state index contributed by atoms with van der Waals surface area (Å²) in [5, 5.41) is 3.35. The summed E-state index contributed by atoms with van der Waals surface area (Å²) in [4.78, 5) is 19.7. The molecular weight excluding hydrogens is 374 g/mol. The maximum atomic E-state index is 13.1. The number of benzene rings is 1. The van der Waals surface area contributed by atoms with Crippen molar-refractivity contribution in [3.05, 3.63) is 59.9 Å². The lowest BCUT2D eigenvalue weighted by Crippen LogP contribution is -2.52. The molecule has 30 heavy (non-hydrogen) atoms. The molecule has 5 nitrogen and oxygen atoms in total. The second-order valence-corrected chi connectivity index (χ2v) is 8.65. The minimum absolute atomic E-state index is 0.00836. The number of amides is 1. The number of likely N-dealkylation sites (tertiary alicyclic amines) is 1. The number of hydrogen-bond donors (Lipinski definition) is 1. The average molecular weight is 408 g/mol. The van der Waals surface area contributed by atoms with Crippen LogP contribution in [0.1, 0.15) is 56.2 Å². The summed E-state index contributed by atoms with van der Waals surface area (Å²) < 4.78 is 6.16. The topological polar surface area (TPSA) is 54.5 Å². The molecule has 1 amide bonds. The monoisotopic (exact) mass is 407 g/mol. The van der Waals surface area contributed by atoms with Gasteiger partial charge in [0.25, 0.3) is 0 Å². The van der Waals surface area contributed by atoms with Gasteiger partial charge in [0, 0.05) is 18.8 Å². The van der Waals surface area contributed by atoms with Crippen LogP contribution in [0.25, 0.3) is 0 Å². The highest BCUT2D eigenvalue weighted by molar-refractivity contribution is 5.82. The summed E-state index contributed by atoms with van der Waals surface area (Å²) >= 11 is 0. The number of nitrogens with one attached hydrogen (secondary N) is 1. The largest absolute Gasteiger partial charge is 0.489 e. The number of ether oxygens (including phenoxy) is 1. The molecule has 1 aliphatic heterocycles. The van der Waals surface area contributed by atoms with Crippen LogP contribution in [0.4, 0.5) is 0 Å². The highest BCUT2D eigenvalue weighted by Crippen LogP contribution is 2.26. The Kier molecular flexibility index (Phi) is 7.00. The maximum Gasteiger partial charge on any atom is 0.237 e. The Hall–Kier alpha value is -2.40. The Morgan fingerprint density at radius 1 is 1.07 bits per heavy atom. The van der Waals surface area contributed by atoms with Gasteiger partial charge in [0.15, 0.2) is 0 Å². The van der Waals surface area contributed by atoms with E-state index in [0.29, 0.717) is 0 Å². The Bertz CT molecular complexity index is 818. The van der Waals surface area contributed by atoms with Gasteiger partial charge in [-0.3, -0.25) is 14.7 Å². The van der Waals surface area contributed by atoms with Crippen molar-refractivity contribution in [2.75, 3.05) is 6.54 Å². The van der Waals surface area contributed by atoms with E-state index in [9.17, 15) is 4.79 Å². The van der Waals surface area contributed by atoms with Gasteiger partial charge in [0.2, 0.25) is 5.91 Å². The Labute approximate surface area is 179 Å². The Balaban J connectivity index is 1.27. The number of carbonyl (C=O) groups excluding carboxylic acids is 1. The predicted molar refractivity (Wildman–Crippen MR) is 118 cm³/mol. The van der Waals surface area contributed by atoms with Crippen molar-refractivity contribution in [2.24, 2.45) is 0 Å². The molecule has 160 valence electrons. The standard InChI is InChI=1S/C25H33N3O2/c1-19-24(11-7-16-26-19)30-22-14-12-21(13-15-22)27-25(29)23-10-5-6-17-28(23)18-20-8-3-2-4-9-20/h2-4,7-9,11,16,21-23H,5-6,10,12-15,17-18H2,1H3,(H,27,29). The van der Waals surface area contributed by atoms with E-state index in [1.165, 1.54) is 12.0 Å². The molecule has 2 fully saturated rings. The highest BCUT2D eigenvalue weighted by Gasteiger charge is 2.31. The first-order chi connectivity index (χ1) is 14.7. The molecule has 0 bridgehead atoms. The fourth-order valence-corrected chi connectivity index (χ4v) is 4.69. The van der Waals surface area contributed by atoms with Gasteiger partial charge < -0.3 is 10.1 Å². The lowest BCUT2D eigenvalue weighted by Gasteiger charge is -2.36. The molecule has 2 heterocycles. The fraction of sp³-hybridized carbons (Fsp3) is 0.520. The summed E-state index contributed by atoms with van der Waals surface area (Å²) in [6.45, 7) is 3.83. The SMILES string of the molecule is Cc1ncccc1OC1CCC(NC(=O)C2CCCCN2Cc2ccccc2)CC1. The third kappa shape index (κ3) is 5.39. The third-order valence-electron chi connectivity index (χ3n) is 6.42. The second-order valence-electron chi connectivity index (χ2n) is 8.65. The second kappa shape index (κ2) is 10.1. The zero-order chi connectivity index (χ0) is 20.8. The quantitative estimate of drug-likeness (QED) is 0.778. The maximum absolute atomic E-state index is 13.1. The van der Waals surface area contributed by atoms with E-state index in [4.69, 9.17) is 4.74 Å². The van der Waals surface area contributed by atoms with Crippen LogP contribution < -0.4 is 10.1 Å². The third-order valence-corrected chi connectivity index (χ3v) is 6.42. The smallest absolute Gasteiger partial charge is 0.237 e. The molecule has 1 aromatic carbocycles. The lowest BCUT2D eigenvalue weighted by atomic mass is 9.92. The normalized spacial score (nSPS) is 24.9. The van der Waals surface area contributed by atoms with Crippen LogP contribution in [-0.2, 0) is 11.3 Å². The van der Waals surface area contributed by atoms with Crippen LogP contribution in [-0.4, -0.2) is 40.5 Å². The van der Waals surface area contributed by atoms with Gasteiger partial charge in [-0.2, -0.15) is 0 Å². The number of piperidine rings is 1. The van der Waals surface area contributed by atoms with E-state index in [2.05, 4.69) is 39.5 Å². The van der Waals surface area contributed by atoms with Gasteiger partial charge in [-0.05, 0) is 69.7 Å². The van der Waals surface area contributed by atoms with Crippen LogP contribution >= 0.6 is 0 Å². The van der Waals surface area contributed by atoms with Gasteiger partial charge in [-0.15, -0.1) is 0 Å². The molecule has 1 aromatic heterocycles. The molecule has 2 aromatic rings. The van der Waals surface area contributed by atoms with E-state index >= 15 is 0 Å². The number of nitrogens with zero attached hydrogens (tertiary/aromatic N) is 2. The van der Waals surface area contributed by atoms with Gasteiger partial charge in [0.05, 0.1) is 17.8 Å². The van der Waals surface area contributed by atoms with Crippen LogP contribution in [0.5, 0.6) is 5.75 Å². The van der Waals surface area contributed by atoms with Crippen molar-refractivity contribution < 1.29 is 9.53 Å². The zero-order valence-electron chi connectivity index (χ0n) is 17.9. The highest BCUT2D eigenvalue weighted by atomic mass is 16.5. The number of pyridine rings is 1. The van der Waals surface area contributed by atoms with Gasteiger partial charge in [-0.1, -0.05) is 36.8 Å². The zero-order valence-corrected chi connectivity index (χ0v) is 17.9. The first kappa shape index (κ1) is 20.9. The predicted octanol–water partition coefficient (Wildman–Crippen LogP) is 4.25. The first-order valence-corrected chi connectivity index (χ1v) is 11.4. The van der Waals surface area contributed by atoms with Crippen molar-refractivity contribution >= 4 is 5.91 Å². The van der Waals surface area contributed by atoms with E-state index in [1.54, 1.807) is 6.20 Å². The molecular formula is C25H33N3O2. The summed E-state index contributed by atoms with van der Waals surface area (Å²) in [5.74, 6) is 1.09. The van der Waals surface area contributed by atoms with Crippen LogP contribution in [0.2, 0.25) is 0 Å². The number of aromatic nitrogens is 1. The Morgan fingerprint density at radius 2 is 1.87 bits per heavy atom. The first-order valence-electron chi connectivity index (χ1n) is 11.4. The summed E-state index contributed by atoms with van der Waals surface area (Å²) in [6.07, 6.45) is 9.15. The van der Waals surface area contributed by atoms with Crippen molar-refractivity contribution in [3.63, 3.8) is 0 Å². The van der Waals surface area contributed by atoms with Gasteiger partial charge in [-0.25, -0.2) is 0 Å². The van der Waals surface area contributed by atoms with E-state index < -0.39 is 0 Å². The lowest BCUT2D eigenvalue weighted by molar-refractivity contribution is -0.129. The minimum atomic E-state index is -0.00836. The van der Waals surface area contributed by atoms with Crippen molar-refractivity contribution in [2.45, 2.75) is 76.6 Å². The molecule has 5 heteroatoms. The summed E-state index contributed by atoms with van der Waals surface area (Å²) in [5.41, 5.74) is 2.21. The van der Waals surface area contributed by atoms with Crippen LogP contribution in [0, 0.1) is 6.92 Å². The molecule has 1 aliphatic carbocycles. The molecule has 0 spiro atoms. The number of rotatable bonds is 6. The fourth-order valence-electron chi connectivity index (χ4n) is 4.69. The van der Waals surface area contributed by atoms with Gasteiger partial charge >= 0.3 is 0 Å². The number of hydrogen-bond acceptors (Lipinski definition) is 4. The molecule has 0 radical (unpaired) electrons. The van der Waals surface area contributed by atoms with E-state index in [0.717, 1.165) is 63.1 Å². The van der Waals surface area contributed by atoms with Crippen LogP contribution in [0.15, 0.2) is 48.7 Å². The van der Waals surface area contributed by atoms with Crippen molar-refractivity contribution in [3.8, 4) is 5.75 Å². The molecule has 4 rings (SSSR count). The average Bonchev–Trinajstić information content (AvgIpc) is 2.78. The number of carbonyl (C=O) groups is 1. The molecule has 2 aliphatic rings. The number of aryl methyl sites for hydroxylation is 1. The van der Waals surface area contributed by atoms with E-state index in [1.807, 2.05) is 25.1 Å². The molecule has 1 saturated heterocycles. The van der Waals surface area contributed by atoms with Crippen LogP contribution in [0.3, 0.4) is 0 Å². The van der Waals surface area contributed by atoms with E-state index in [-0.39, 0.29) is 24.1 Å². The molecule has 1 atom stereocenters. The Morgan fingerprint density at radius 3 is 2.63 bits per heavy atom. The van der Waals surface area contributed by atoms with Crippen molar-refractivity contribution in [1.82, 2.24) is 15.2 Å². The molecule has 1 unspecified atom stereocenters. The van der Waals surface area contributed by atoms with Crippen molar-refractivity contribution in [1.29, 1.82) is 0 Å².